The van der Waals surface area contributed by atoms with Crippen LogP contribution < -0.4 is 15.7 Å². The Balaban J connectivity index is 1.66. The SMILES string of the molecule is CC(C)CN1NN(OS(C)(=O)=O)c2ccc(-c3[nH]c(-c4c(Cl)cccc4Cl)nc3-c3ccccc3)nc21. The number of pyridine rings is 1. The highest BCUT2D eigenvalue weighted by Crippen LogP contribution is 2.40. The molecule has 0 bridgehead atoms. The number of hydrogen-bond acceptors (Lipinski definition) is 8. The lowest BCUT2D eigenvalue weighted by Crippen LogP contribution is -2.46. The predicted molar refractivity (Wildman–Crippen MR) is 146 cm³/mol. The standard InChI is InChI=1S/C25H24Cl2N6O3S/c1-15(2)14-32-25-20(33(31-32)36-37(3,34)35)13-12-19(28-25)23-22(16-8-5-4-6-9-16)29-24(30-23)21-17(26)10-7-11-18(21)27/h4-13,15,31H,14H2,1-3H3,(H,29,30). The molecule has 0 saturated carbocycles. The van der Waals surface area contributed by atoms with Gasteiger partial charge in [0.05, 0.1) is 38.9 Å². The van der Waals surface area contributed by atoms with Crippen molar-refractivity contribution >= 4 is 44.8 Å². The van der Waals surface area contributed by atoms with Crippen LogP contribution >= 0.6 is 23.2 Å². The first-order valence-electron chi connectivity index (χ1n) is 11.5. The van der Waals surface area contributed by atoms with Gasteiger partial charge in [-0.3, -0.25) is 5.01 Å². The second-order valence-electron chi connectivity index (χ2n) is 8.99. The maximum absolute atomic E-state index is 11.8. The highest BCUT2D eigenvalue weighted by atomic mass is 35.5. The van der Waals surface area contributed by atoms with Gasteiger partial charge >= 0.3 is 0 Å². The van der Waals surface area contributed by atoms with E-state index >= 15 is 0 Å². The molecule has 2 aromatic heterocycles. The fourth-order valence-electron chi connectivity index (χ4n) is 4.04. The van der Waals surface area contributed by atoms with Crippen molar-refractivity contribution < 1.29 is 12.7 Å². The molecule has 0 atom stereocenters. The number of nitrogens with zero attached hydrogens (tertiary/aromatic N) is 4. The van der Waals surface area contributed by atoms with Crippen LogP contribution in [0.15, 0.2) is 60.7 Å². The summed E-state index contributed by atoms with van der Waals surface area (Å²) in [5.41, 5.74) is 6.81. The Kier molecular flexibility index (Phi) is 6.86. The minimum atomic E-state index is -3.77. The Morgan fingerprint density at radius 3 is 2.32 bits per heavy atom. The van der Waals surface area contributed by atoms with Crippen LogP contribution in [-0.4, -0.2) is 36.2 Å². The maximum atomic E-state index is 11.8. The Labute approximate surface area is 225 Å². The summed E-state index contributed by atoms with van der Waals surface area (Å²) < 4.78 is 28.8. The molecule has 3 heterocycles. The van der Waals surface area contributed by atoms with Crippen molar-refractivity contribution in [2.45, 2.75) is 13.8 Å². The summed E-state index contributed by atoms with van der Waals surface area (Å²) in [7, 11) is -3.77. The van der Waals surface area contributed by atoms with Crippen molar-refractivity contribution in [1.29, 1.82) is 0 Å². The molecule has 2 aromatic carbocycles. The molecule has 1 aliphatic rings. The topological polar surface area (TPSA) is 103 Å². The Hall–Kier alpha value is -3.15. The van der Waals surface area contributed by atoms with Gasteiger partial charge in [0.15, 0.2) is 5.82 Å². The summed E-state index contributed by atoms with van der Waals surface area (Å²) in [5.74, 6) is 1.27. The molecule has 4 aromatic rings. The van der Waals surface area contributed by atoms with Gasteiger partial charge in [0.2, 0.25) is 0 Å². The van der Waals surface area contributed by atoms with Gasteiger partial charge in [0.25, 0.3) is 10.1 Å². The van der Waals surface area contributed by atoms with Crippen molar-refractivity contribution in [3.8, 4) is 34.0 Å². The Morgan fingerprint density at radius 1 is 0.973 bits per heavy atom. The quantitative estimate of drug-likeness (QED) is 0.297. The molecule has 1 aliphatic heterocycles. The third-order valence-electron chi connectivity index (χ3n) is 5.50. The summed E-state index contributed by atoms with van der Waals surface area (Å²) in [6, 6.07) is 18.5. The second-order valence-corrected chi connectivity index (χ2v) is 11.4. The molecule has 192 valence electrons. The number of rotatable bonds is 7. The highest BCUT2D eigenvalue weighted by molar-refractivity contribution is 7.86. The molecule has 5 rings (SSSR count). The Bertz CT molecular complexity index is 1540. The van der Waals surface area contributed by atoms with Gasteiger partial charge in [0, 0.05) is 12.1 Å². The van der Waals surface area contributed by atoms with Crippen LogP contribution in [0, 0.1) is 5.92 Å². The van der Waals surface area contributed by atoms with Crippen LogP contribution in [0.4, 0.5) is 11.5 Å². The zero-order chi connectivity index (χ0) is 26.3. The van der Waals surface area contributed by atoms with Gasteiger partial charge in [-0.15, -0.1) is 15.0 Å². The first-order chi connectivity index (χ1) is 17.6. The lowest BCUT2D eigenvalue weighted by Gasteiger charge is -2.21. The first kappa shape index (κ1) is 25.5. The summed E-state index contributed by atoms with van der Waals surface area (Å²) in [6.07, 6.45) is 0.985. The number of aromatic amines is 1. The number of hydrazine groups is 2. The Morgan fingerprint density at radius 2 is 1.68 bits per heavy atom. The van der Waals surface area contributed by atoms with Crippen molar-refractivity contribution in [2.75, 3.05) is 23.0 Å². The van der Waals surface area contributed by atoms with E-state index in [1.54, 1.807) is 35.3 Å². The molecule has 12 heteroatoms. The van der Waals surface area contributed by atoms with E-state index in [1.807, 2.05) is 44.2 Å². The molecule has 0 aliphatic carbocycles. The minimum absolute atomic E-state index is 0.255. The van der Waals surface area contributed by atoms with E-state index in [1.165, 1.54) is 0 Å². The molecule has 0 amide bonds. The summed E-state index contributed by atoms with van der Waals surface area (Å²) in [4.78, 5) is 13.1. The van der Waals surface area contributed by atoms with Gasteiger partial charge < -0.3 is 4.98 Å². The van der Waals surface area contributed by atoms with Gasteiger partial charge in [-0.25, -0.2) is 9.97 Å². The van der Waals surface area contributed by atoms with E-state index < -0.39 is 10.1 Å². The van der Waals surface area contributed by atoms with Crippen molar-refractivity contribution in [2.24, 2.45) is 5.92 Å². The lowest BCUT2D eigenvalue weighted by atomic mass is 10.1. The molecule has 2 N–H and O–H groups in total. The van der Waals surface area contributed by atoms with Gasteiger partial charge in [0.1, 0.15) is 11.5 Å². The van der Waals surface area contributed by atoms with Crippen LogP contribution in [0.5, 0.6) is 0 Å². The smallest absolute Gasteiger partial charge is 0.286 e. The number of benzene rings is 2. The van der Waals surface area contributed by atoms with E-state index in [9.17, 15) is 8.42 Å². The lowest BCUT2D eigenvalue weighted by molar-refractivity contribution is 0.249. The fraction of sp³-hybridized carbons (Fsp3) is 0.200. The molecule has 0 radical (unpaired) electrons. The van der Waals surface area contributed by atoms with E-state index in [-0.39, 0.29) is 5.92 Å². The molecule has 0 unspecified atom stereocenters. The zero-order valence-electron chi connectivity index (χ0n) is 20.2. The third kappa shape index (κ3) is 5.29. The van der Waals surface area contributed by atoms with Crippen LogP contribution in [0.3, 0.4) is 0 Å². The minimum Gasteiger partial charge on any atom is -0.336 e. The van der Waals surface area contributed by atoms with E-state index in [4.69, 9.17) is 37.5 Å². The van der Waals surface area contributed by atoms with Gasteiger partial charge in [-0.05, 0) is 30.2 Å². The monoisotopic (exact) mass is 558 g/mol. The number of H-pyrrole nitrogens is 1. The second kappa shape index (κ2) is 9.96. The van der Waals surface area contributed by atoms with Crippen LogP contribution in [0.25, 0.3) is 34.0 Å². The summed E-state index contributed by atoms with van der Waals surface area (Å²) >= 11 is 13.0. The number of nitrogens with one attached hydrogen (secondary N) is 2. The maximum Gasteiger partial charge on any atom is 0.286 e. The number of hydrogen-bond donors (Lipinski definition) is 2. The van der Waals surface area contributed by atoms with Crippen molar-refractivity contribution in [3.05, 3.63) is 70.7 Å². The molecule has 0 spiro atoms. The molecular weight excluding hydrogens is 535 g/mol. The number of anilines is 2. The van der Waals surface area contributed by atoms with E-state index in [0.717, 1.165) is 17.0 Å². The third-order valence-corrected chi connectivity index (χ3v) is 6.55. The summed E-state index contributed by atoms with van der Waals surface area (Å²) in [6.45, 7) is 4.66. The van der Waals surface area contributed by atoms with Crippen LogP contribution in [-0.2, 0) is 14.4 Å². The predicted octanol–water partition coefficient (Wildman–Crippen LogP) is 5.71. The van der Waals surface area contributed by atoms with E-state index in [2.05, 4.69) is 10.5 Å². The molecule has 37 heavy (non-hydrogen) atoms. The number of halogens is 2. The number of imidazole rings is 1. The molecular formula is C25H24Cl2N6O3S. The molecule has 0 fully saturated rings. The number of aromatic nitrogens is 3. The van der Waals surface area contributed by atoms with Gasteiger partial charge in [-0.1, -0.05) is 73.4 Å². The van der Waals surface area contributed by atoms with Gasteiger partial charge in [-0.2, -0.15) is 8.42 Å². The van der Waals surface area contributed by atoms with Crippen molar-refractivity contribution in [1.82, 2.24) is 20.5 Å². The fourth-order valence-corrected chi connectivity index (χ4v) is 5.00. The molecule has 9 nitrogen and oxygen atoms in total. The summed E-state index contributed by atoms with van der Waals surface area (Å²) in [5, 5.41) is 3.79. The normalized spacial score (nSPS) is 13.5. The van der Waals surface area contributed by atoms with Crippen molar-refractivity contribution in [3.63, 3.8) is 0 Å². The van der Waals surface area contributed by atoms with E-state index in [0.29, 0.717) is 56.6 Å². The van der Waals surface area contributed by atoms with Crippen LogP contribution in [0.1, 0.15) is 13.8 Å². The van der Waals surface area contributed by atoms with Crippen LogP contribution in [0.2, 0.25) is 10.0 Å². The highest BCUT2D eigenvalue weighted by Gasteiger charge is 2.32. The molecule has 0 saturated heterocycles. The zero-order valence-corrected chi connectivity index (χ0v) is 22.6. The largest absolute Gasteiger partial charge is 0.336 e. The average molecular weight is 559 g/mol. The first-order valence-corrected chi connectivity index (χ1v) is 14.0. The average Bonchev–Trinajstić information content (AvgIpc) is 3.40. The number of fused-ring (bicyclic) bond motifs is 1.